The van der Waals surface area contributed by atoms with Crippen LogP contribution in [-0.4, -0.2) is 54.6 Å². The maximum atomic E-state index is 12.8. The summed E-state index contributed by atoms with van der Waals surface area (Å²) >= 11 is 0. The molecule has 0 N–H and O–H groups in total. The van der Waals surface area contributed by atoms with Crippen LogP contribution in [0.15, 0.2) is 45.7 Å². The monoisotopic (exact) mass is 407 g/mol. The highest BCUT2D eigenvalue weighted by Gasteiger charge is 2.31. The van der Waals surface area contributed by atoms with Gasteiger partial charge in [0.2, 0.25) is 10.0 Å². The fourth-order valence-electron chi connectivity index (χ4n) is 3.09. The van der Waals surface area contributed by atoms with Crippen LogP contribution in [0, 0.1) is 10.1 Å². The Morgan fingerprint density at radius 2 is 1.75 bits per heavy atom. The summed E-state index contributed by atoms with van der Waals surface area (Å²) in [6.45, 7) is 2.72. The number of benzene rings is 1. The second kappa shape index (κ2) is 8.11. The molecule has 0 saturated carbocycles. The number of furan rings is 1. The summed E-state index contributed by atoms with van der Waals surface area (Å²) in [5, 5.41) is 10.7. The molecule has 9 nitrogen and oxygen atoms in total. The van der Waals surface area contributed by atoms with E-state index in [0.29, 0.717) is 0 Å². The summed E-state index contributed by atoms with van der Waals surface area (Å²) in [5.41, 5.74) is 1.09. The van der Waals surface area contributed by atoms with E-state index in [1.807, 2.05) is 12.1 Å². The Hall–Kier alpha value is -2.72. The van der Waals surface area contributed by atoms with Crippen molar-refractivity contribution < 1.29 is 22.6 Å². The molecule has 150 valence electrons. The van der Waals surface area contributed by atoms with E-state index in [0.717, 1.165) is 24.5 Å². The van der Waals surface area contributed by atoms with Crippen molar-refractivity contribution in [3.63, 3.8) is 0 Å². The van der Waals surface area contributed by atoms with Gasteiger partial charge in [-0.25, -0.2) is 8.42 Å². The fourth-order valence-corrected chi connectivity index (χ4v) is 4.52. The molecule has 0 unspecified atom stereocenters. The van der Waals surface area contributed by atoms with Gasteiger partial charge in [0.15, 0.2) is 5.76 Å². The van der Waals surface area contributed by atoms with E-state index in [9.17, 15) is 23.3 Å². The number of nitrogens with zero attached hydrogens (tertiary/aromatic N) is 3. The SMILES string of the molecule is CCCc1ccc(S(=O)(=O)N2CCN(C(=O)c3ccc([N+](=O)[O-])o3)CC2)cc1. The lowest BCUT2D eigenvalue weighted by atomic mass is 10.1. The highest BCUT2D eigenvalue weighted by Crippen LogP contribution is 2.21. The number of carbonyl (C=O) groups is 1. The number of nitro groups is 1. The van der Waals surface area contributed by atoms with Crippen LogP contribution in [0.2, 0.25) is 0 Å². The van der Waals surface area contributed by atoms with Gasteiger partial charge in [-0.05, 0) is 30.2 Å². The molecule has 1 saturated heterocycles. The van der Waals surface area contributed by atoms with Crippen LogP contribution in [0.5, 0.6) is 0 Å². The highest BCUT2D eigenvalue weighted by atomic mass is 32.2. The first-order valence-corrected chi connectivity index (χ1v) is 10.4. The third-order valence-corrected chi connectivity index (χ3v) is 6.52. The van der Waals surface area contributed by atoms with Crippen molar-refractivity contribution in [3.05, 3.63) is 57.8 Å². The lowest BCUT2D eigenvalue weighted by molar-refractivity contribution is -0.402. The average molecular weight is 407 g/mol. The van der Waals surface area contributed by atoms with Gasteiger partial charge in [-0.3, -0.25) is 14.9 Å². The second-order valence-corrected chi connectivity index (χ2v) is 8.42. The third kappa shape index (κ3) is 4.07. The van der Waals surface area contributed by atoms with Crippen LogP contribution < -0.4 is 0 Å². The van der Waals surface area contributed by atoms with Gasteiger partial charge < -0.3 is 9.32 Å². The van der Waals surface area contributed by atoms with Crippen LogP contribution in [0.1, 0.15) is 29.5 Å². The third-order valence-electron chi connectivity index (χ3n) is 4.61. The summed E-state index contributed by atoms with van der Waals surface area (Å²) in [6, 6.07) is 9.23. The van der Waals surface area contributed by atoms with Crippen LogP contribution >= 0.6 is 0 Å². The van der Waals surface area contributed by atoms with Crippen LogP contribution in [0.4, 0.5) is 5.88 Å². The Labute approximate surface area is 162 Å². The fraction of sp³-hybridized carbons (Fsp3) is 0.389. The first kappa shape index (κ1) is 20.0. The largest absolute Gasteiger partial charge is 0.433 e. The van der Waals surface area contributed by atoms with Crippen molar-refractivity contribution in [2.75, 3.05) is 26.2 Å². The molecule has 1 fully saturated rings. The number of amides is 1. The molecule has 2 heterocycles. The van der Waals surface area contributed by atoms with E-state index >= 15 is 0 Å². The summed E-state index contributed by atoms with van der Waals surface area (Å²) in [5.74, 6) is -1.13. The maximum absolute atomic E-state index is 12.8. The maximum Gasteiger partial charge on any atom is 0.433 e. The quantitative estimate of drug-likeness (QED) is 0.536. The zero-order valence-electron chi connectivity index (χ0n) is 15.4. The van der Waals surface area contributed by atoms with Crippen molar-refractivity contribution in [2.45, 2.75) is 24.7 Å². The van der Waals surface area contributed by atoms with Gasteiger partial charge in [-0.1, -0.05) is 25.5 Å². The Morgan fingerprint density at radius 1 is 1.11 bits per heavy atom. The minimum atomic E-state index is -3.63. The minimum absolute atomic E-state index is 0.130. The van der Waals surface area contributed by atoms with Gasteiger partial charge >= 0.3 is 5.88 Å². The van der Waals surface area contributed by atoms with E-state index in [1.165, 1.54) is 15.3 Å². The smallest absolute Gasteiger partial charge is 0.395 e. The summed E-state index contributed by atoms with van der Waals surface area (Å²) in [4.78, 5) is 24.0. The van der Waals surface area contributed by atoms with E-state index in [2.05, 4.69) is 6.92 Å². The normalized spacial score (nSPS) is 15.5. The van der Waals surface area contributed by atoms with Crippen molar-refractivity contribution in [2.24, 2.45) is 0 Å². The predicted molar refractivity (Wildman–Crippen MR) is 100 cm³/mol. The van der Waals surface area contributed by atoms with Gasteiger partial charge in [0.25, 0.3) is 5.91 Å². The molecule has 3 rings (SSSR count). The van der Waals surface area contributed by atoms with E-state index in [1.54, 1.807) is 12.1 Å². The number of hydrogen-bond acceptors (Lipinski definition) is 6. The van der Waals surface area contributed by atoms with Crippen LogP contribution in [-0.2, 0) is 16.4 Å². The molecule has 2 aromatic rings. The molecule has 0 atom stereocenters. The Kier molecular flexibility index (Phi) is 5.80. The molecule has 1 aromatic heterocycles. The van der Waals surface area contributed by atoms with Crippen molar-refractivity contribution in [1.82, 2.24) is 9.21 Å². The minimum Gasteiger partial charge on any atom is -0.395 e. The summed E-state index contributed by atoms with van der Waals surface area (Å²) < 4.78 is 31.9. The highest BCUT2D eigenvalue weighted by molar-refractivity contribution is 7.89. The first-order valence-electron chi connectivity index (χ1n) is 8.95. The standard InChI is InChI=1S/C18H21N3O6S/c1-2-3-14-4-6-15(7-5-14)28(25,26)20-12-10-19(11-13-20)18(22)16-8-9-17(27-16)21(23)24/h4-9H,2-3,10-13H2,1H3. The Morgan fingerprint density at radius 3 is 2.29 bits per heavy atom. The lowest BCUT2D eigenvalue weighted by Crippen LogP contribution is -2.50. The van der Waals surface area contributed by atoms with E-state index < -0.39 is 26.7 Å². The Balaban J connectivity index is 1.65. The molecule has 28 heavy (non-hydrogen) atoms. The van der Waals surface area contributed by atoms with Crippen molar-refractivity contribution >= 4 is 21.8 Å². The zero-order chi connectivity index (χ0) is 20.3. The molecule has 0 bridgehead atoms. The van der Waals surface area contributed by atoms with Crippen molar-refractivity contribution in [3.8, 4) is 0 Å². The average Bonchev–Trinajstić information content (AvgIpc) is 3.19. The molecular formula is C18H21N3O6S. The number of carbonyl (C=O) groups excluding carboxylic acids is 1. The topological polar surface area (TPSA) is 114 Å². The van der Waals surface area contributed by atoms with Crippen LogP contribution in [0.3, 0.4) is 0 Å². The molecule has 1 amide bonds. The van der Waals surface area contributed by atoms with Crippen molar-refractivity contribution in [1.29, 1.82) is 0 Å². The Bertz CT molecular complexity index is 959. The van der Waals surface area contributed by atoms with Crippen LogP contribution in [0.25, 0.3) is 0 Å². The van der Waals surface area contributed by atoms with Gasteiger partial charge in [0.05, 0.1) is 11.0 Å². The van der Waals surface area contributed by atoms with Gasteiger partial charge in [0.1, 0.15) is 4.92 Å². The predicted octanol–water partition coefficient (Wildman–Crippen LogP) is 2.29. The molecule has 0 aliphatic carbocycles. The number of rotatable bonds is 6. The zero-order valence-corrected chi connectivity index (χ0v) is 16.2. The second-order valence-electron chi connectivity index (χ2n) is 6.49. The molecule has 1 aromatic carbocycles. The van der Waals surface area contributed by atoms with Gasteiger partial charge in [-0.2, -0.15) is 4.31 Å². The first-order chi connectivity index (χ1) is 13.3. The van der Waals surface area contributed by atoms with E-state index in [-0.39, 0.29) is 36.8 Å². The van der Waals surface area contributed by atoms with Gasteiger partial charge in [-0.15, -0.1) is 0 Å². The summed E-state index contributed by atoms with van der Waals surface area (Å²) in [6.07, 6.45) is 1.88. The van der Waals surface area contributed by atoms with Gasteiger partial charge in [0, 0.05) is 26.2 Å². The molecule has 1 aliphatic heterocycles. The lowest BCUT2D eigenvalue weighted by Gasteiger charge is -2.33. The molecular weight excluding hydrogens is 386 g/mol. The molecule has 0 spiro atoms. The summed E-state index contributed by atoms with van der Waals surface area (Å²) in [7, 11) is -3.63. The number of aryl methyl sites for hydroxylation is 1. The molecule has 10 heteroatoms. The molecule has 1 aliphatic rings. The molecule has 0 radical (unpaired) electrons. The number of hydrogen-bond donors (Lipinski definition) is 0. The number of sulfonamides is 1. The number of piperazine rings is 1. The van der Waals surface area contributed by atoms with E-state index in [4.69, 9.17) is 4.42 Å².